The van der Waals surface area contributed by atoms with Crippen molar-refractivity contribution >= 4 is 0 Å². The second kappa shape index (κ2) is 6.02. The van der Waals surface area contributed by atoms with Crippen LogP contribution in [0.4, 0.5) is 0 Å². The first-order valence-corrected chi connectivity index (χ1v) is 7.31. The maximum atomic E-state index is 9.51. The summed E-state index contributed by atoms with van der Waals surface area (Å²) in [4.78, 5) is 7.16. The lowest BCUT2D eigenvalue weighted by atomic mass is 9.83. The van der Waals surface area contributed by atoms with Gasteiger partial charge in [-0.25, -0.2) is 0 Å². The number of aromatic nitrogens is 1. The average Bonchev–Trinajstić information content (AvgIpc) is 2.39. The van der Waals surface area contributed by atoms with Crippen LogP contribution in [0.1, 0.15) is 50.9 Å². The number of piperidine rings is 1. The minimum absolute atomic E-state index is 0.0634. The number of aliphatic hydroxyl groups is 1. The number of pyridine rings is 1. The average molecular weight is 262 g/mol. The molecule has 1 unspecified atom stereocenters. The van der Waals surface area contributed by atoms with Crippen molar-refractivity contribution in [3.8, 4) is 0 Å². The van der Waals surface area contributed by atoms with Crippen LogP contribution in [0.2, 0.25) is 0 Å². The zero-order valence-corrected chi connectivity index (χ0v) is 12.4. The molecule has 1 fully saturated rings. The topological polar surface area (TPSA) is 36.4 Å². The van der Waals surface area contributed by atoms with Gasteiger partial charge in [0, 0.05) is 30.8 Å². The van der Waals surface area contributed by atoms with Crippen LogP contribution in [0.3, 0.4) is 0 Å². The van der Waals surface area contributed by atoms with Gasteiger partial charge in [-0.3, -0.25) is 9.88 Å². The fourth-order valence-electron chi connectivity index (χ4n) is 2.83. The standard InChI is InChI=1S/C16H26N2O/c1-13(2)15-7-4-6-14(17-15)10-18-9-5-8-16(3,11-18)12-19/h4,6-7,13,19H,5,8-12H2,1-3H3. The minimum Gasteiger partial charge on any atom is -0.396 e. The summed E-state index contributed by atoms with van der Waals surface area (Å²) in [6.45, 7) is 9.79. The predicted molar refractivity (Wildman–Crippen MR) is 78.0 cm³/mol. The molecule has 0 aromatic carbocycles. The molecular formula is C16H26N2O. The van der Waals surface area contributed by atoms with E-state index in [9.17, 15) is 5.11 Å². The van der Waals surface area contributed by atoms with Gasteiger partial charge < -0.3 is 5.11 Å². The second-order valence-corrected chi connectivity index (χ2v) is 6.49. The van der Waals surface area contributed by atoms with Crippen molar-refractivity contribution in [2.24, 2.45) is 5.41 Å². The summed E-state index contributed by atoms with van der Waals surface area (Å²) >= 11 is 0. The zero-order valence-electron chi connectivity index (χ0n) is 12.4. The minimum atomic E-state index is 0.0634. The Labute approximate surface area is 116 Å². The molecule has 2 heterocycles. The number of aliphatic hydroxyl groups excluding tert-OH is 1. The molecule has 0 bridgehead atoms. The fourth-order valence-corrected chi connectivity index (χ4v) is 2.83. The SMILES string of the molecule is CC(C)c1cccc(CN2CCCC(C)(CO)C2)n1. The van der Waals surface area contributed by atoms with Gasteiger partial charge in [-0.1, -0.05) is 26.8 Å². The summed E-state index contributed by atoms with van der Waals surface area (Å²) < 4.78 is 0. The molecule has 1 atom stereocenters. The molecule has 1 aromatic rings. The highest BCUT2D eigenvalue weighted by molar-refractivity contribution is 5.14. The summed E-state index contributed by atoms with van der Waals surface area (Å²) in [5, 5.41) is 9.51. The first kappa shape index (κ1) is 14.5. The first-order valence-electron chi connectivity index (χ1n) is 7.31. The summed E-state index contributed by atoms with van der Waals surface area (Å²) in [6.07, 6.45) is 2.29. The molecule has 1 aromatic heterocycles. The van der Waals surface area contributed by atoms with Crippen LogP contribution in [0, 0.1) is 5.41 Å². The van der Waals surface area contributed by atoms with Gasteiger partial charge in [0.05, 0.1) is 5.69 Å². The van der Waals surface area contributed by atoms with Crippen LogP contribution in [0.25, 0.3) is 0 Å². The fraction of sp³-hybridized carbons (Fsp3) is 0.688. The van der Waals surface area contributed by atoms with E-state index in [-0.39, 0.29) is 12.0 Å². The molecule has 0 saturated carbocycles. The molecule has 1 N–H and O–H groups in total. The van der Waals surface area contributed by atoms with Crippen LogP contribution in [-0.4, -0.2) is 34.7 Å². The van der Waals surface area contributed by atoms with Crippen molar-refractivity contribution < 1.29 is 5.11 Å². The van der Waals surface area contributed by atoms with E-state index in [2.05, 4.69) is 43.9 Å². The maximum Gasteiger partial charge on any atom is 0.0547 e. The Balaban J connectivity index is 2.02. The third-order valence-corrected chi connectivity index (χ3v) is 4.05. The van der Waals surface area contributed by atoms with Crippen molar-refractivity contribution in [2.45, 2.75) is 46.1 Å². The highest BCUT2D eigenvalue weighted by Gasteiger charge is 2.30. The lowest BCUT2D eigenvalue weighted by molar-refractivity contribution is 0.0423. The molecule has 2 rings (SSSR count). The number of rotatable bonds is 4. The Kier molecular flexibility index (Phi) is 4.58. The summed E-state index contributed by atoms with van der Waals surface area (Å²) in [7, 11) is 0. The molecule has 0 spiro atoms. The van der Waals surface area contributed by atoms with E-state index in [1.807, 2.05) is 0 Å². The largest absolute Gasteiger partial charge is 0.396 e. The predicted octanol–water partition coefficient (Wildman–Crippen LogP) is 2.80. The summed E-state index contributed by atoms with van der Waals surface area (Å²) in [5.41, 5.74) is 2.38. The van der Waals surface area contributed by atoms with Crippen molar-refractivity contribution in [1.29, 1.82) is 0 Å². The number of hydrogen-bond acceptors (Lipinski definition) is 3. The zero-order chi connectivity index (χ0) is 13.9. The molecule has 1 aliphatic rings. The second-order valence-electron chi connectivity index (χ2n) is 6.49. The Morgan fingerprint density at radius 1 is 1.42 bits per heavy atom. The van der Waals surface area contributed by atoms with Gasteiger partial charge in [0.1, 0.15) is 0 Å². The Hall–Kier alpha value is -0.930. The van der Waals surface area contributed by atoms with Gasteiger partial charge in [-0.05, 0) is 37.4 Å². The molecule has 106 valence electrons. The van der Waals surface area contributed by atoms with Gasteiger partial charge in [-0.2, -0.15) is 0 Å². The van der Waals surface area contributed by atoms with Crippen LogP contribution in [0.5, 0.6) is 0 Å². The van der Waals surface area contributed by atoms with Crippen molar-refractivity contribution in [3.63, 3.8) is 0 Å². The third-order valence-electron chi connectivity index (χ3n) is 4.05. The number of likely N-dealkylation sites (tertiary alicyclic amines) is 1. The lowest BCUT2D eigenvalue weighted by Crippen LogP contribution is -2.43. The summed E-state index contributed by atoms with van der Waals surface area (Å²) in [6, 6.07) is 6.31. The highest BCUT2D eigenvalue weighted by Crippen LogP contribution is 2.29. The van der Waals surface area contributed by atoms with Crippen LogP contribution < -0.4 is 0 Å². The van der Waals surface area contributed by atoms with E-state index in [4.69, 9.17) is 4.98 Å². The lowest BCUT2D eigenvalue weighted by Gasteiger charge is -2.39. The molecule has 19 heavy (non-hydrogen) atoms. The van der Waals surface area contributed by atoms with Gasteiger partial charge in [0.2, 0.25) is 0 Å². The molecule has 0 amide bonds. The maximum absolute atomic E-state index is 9.51. The van der Waals surface area contributed by atoms with Crippen molar-refractivity contribution in [2.75, 3.05) is 19.7 Å². The van der Waals surface area contributed by atoms with E-state index < -0.39 is 0 Å². The van der Waals surface area contributed by atoms with Gasteiger partial charge in [0.25, 0.3) is 0 Å². The molecule has 3 nitrogen and oxygen atoms in total. The van der Waals surface area contributed by atoms with E-state index in [1.165, 1.54) is 12.1 Å². The van der Waals surface area contributed by atoms with Gasteiger partial charge >= 0.3 is 0 Å². The molecular weight excluding hydrogens is 236 g/mol. The van der Waals surface area contributed by atoms with Crippen LogP contribution in [0.15, 0.2) is 18.2 Å². The monoisotopic (exact) mass is 262 g/mol. The van der Waals surface area contributed by atoms with E-state index in [1.54, 1.807) is 0 Å². The normalized spacial score (nSPS) is 24.9. The van der Waals surface area contributed by atoms with Crippen molar-refractivity contribution in [3.05, 3.63) is 29.6 Å². The van der Waals surface area contributed by atoms with Crippen LogP contribution in [-0.2, 0) is 6.54 Å². The summed E-state index contributed by atoms with van der Waals surface area (Å²) in [5.74, 6) is 0.476. The Bertz CT molecular complexity index is 419. The molecule has 0 radical (unpaired) electrons. The van der Waals surface area contributed by atoms with E-state index in [0.29, 0.717) is 5.92 Å². The number of hydrogen-bond donors (Lipinski definition) is 1. The van der Waals surface area contributed by atoms with E-state index >= 15 is 0 Å². The smallest absolute Gasteiger partial charge is 0.0547 e. The van der Waals surface area contributed by atoms with E-state index in [0.717, 1.165) is 31.7 Å². The third kappa shape index (κ3) is 3.77. The highest BCUT2D eigenvalue weighted by atomic mass is 16.3. The van der Waals surface area contributed by atoms with Crippen molar-refractivity contribution in [1.82, 2.24) is 9.88 Å². The molecule has 0 aliphatic carbocycles. The number of nitrogens with zero attached hydrogens (tertiary/aromatic N) is 2. The van der Waals surface area contributed by atoms with Gasteiger partial charge in [-0.15, -0.1) is 0 Å². The quantitative estimate of drug-likeness (QED) is 0.906. The molecule has 1 aliphatic heterocycles. The van der Waals surface area contributed by atoms with Gasteiger partial charge in [0.15, 0.2) is 0 Å². The Morgan fingerprint density at radius 3 is 2.89 bits per heavy atom. The first-order chi connectivity index (χ1) is 9.02. The molecule has 1 saturated heterocycles. The molecule has 3 heteroatoms. The Morgan fingerprint density at radius 2 is 2.21 bits per heavy atom. The van der Waals surface area contributed by atoms with Crippen LogP contribution >= 0.6 is 0 Å².